The topological polar surface area (TPSA) is 72.8 Å². The number of carboxylic acid groups (broad SMARTS) is 1. The lowest BCUT2D eigenvalue weighted by Gasteiger charge is -2.05. The van der Waals surface area contributed by atoms with Crippen LogP contribution in [0, 0.1) is 0 Å². The fourth-order valence-corrected chi connectivity index (χ4v) is 0.979. The van der Waals surface area contributed by atoms with E-state index in [-0.39, 0.29) is 18.6 Å². The van der Waals surface area contributed by atoms with E-state index in [1.807, 2.05) is 0 Å². The lowest BCUT2D eigenvalue weighted by molar-refractivity contribution is -0.132. The molecule has 0 aromatic heterocycles. The Bertz CT molecular complexity index is 410. The molecule has 0 aliphatic heterocycles. The first-order valence-corrected chi connectivity index (χ1v) is 4.90. The summed E-state index contributed by atoms with van der Waals surface area (Å²) in [4.78, 5) is 21.5. The van der Waals surface area contributed by atoms with Crippen LogP contribution >= 0.6 is 0 Å². The van der Waals surface area contributed by atoms with E-state index in [9.17, 15) is 9.59 Å². The summed E-state index contributed by atoms with van der Waals surface area (Å²) in [6.07, 6.45) is -0.798. The van der Waals surface area contributed by atoms with Gasteiger partial charge in [0.1, 0.15) is 5.75 Å². The first kappa shape index (κ1) is 12.8. The second-order valence-corrected chi connectivity index (χ2v) is 3.17. The summed E-state index contributed by atoms with van der Waals surface area (Å²) >= 11 is 0. The molecule has 1 N–H and O–H groups in total. The average molecular weight is 236 g/mol. The average Bonchev–Trinajstić information content (AvgIpc) is 2.30. The number of carboxylic acids is 1. The number of carbonyl (C=O) groups excluding carboxylic acids is 1. The Morgan fingerprint density at radius 3 is 2.47 bits per heavy atom. The molecule has 0 unspecified atom stereocenters. The van der Waals surface area contributed by atoms with E-state index < -0.39 is 12.1 Å². The van der Waals surface area contributed by atoms with E-state index in [2.05, 4.69) is 11.3 Å². The van der Waals surface area contributed by atoms with Crippen LogP contribution in [0.3, 0.4) is 0 Å². The second kappa shape index (κ2) is 6.32. The molecule has 0 aliphatic rings. The predicted molar refractivity (Wildman–Crippen MR) is 59.8 cm³/mol. The van der Waals surface area contributed by atoms with E-state index in [0.717, 1.165) is 0 Å². The van der Waals surface area contributed by atoms with Gasteiger partial charge in [-0.1, -0.05) is 24.8 Å². The lowest BCUT2D eigenvalue weighted by Crippen LogP contribution is -2.12. The molecule has 0 aliphatic carbocycles. The molecule has 0 amide bonds. The maximum absolute atomic E-state index is 11.1. The first-order valence-electron chi connectivity index (χ1n) is 4.90. The third-order valence-corrected chi connectivity index (χ3v) is 1.87. The summed E-state index contributed by atoms with van der Waals surface area (Å²) in [7, 11) is 0. The highest BCUT2D eigenvalue weighted by Gasteiger charge is 2.08. The quantitative estimate of drug-likeness (QED) is 0.482. The molecule has 90 valence electrons. The molecular formula is C12H12O5. The van der Waals surface area contributed by atoms with Gasteiger partial charge in [-0.2, -0.15) is 0 Å². The van der Waals surface area contributed by atoms with Gasteiger partial charge in [0, 0.05) is 12.0 Å². The minimum absolute atomic E-state index is 0.0162. The second-order valence-electron chi connectivity index (χ2n) is 3.17. The molecule has 17 heavy (non-hydrogen) atoms. The van der Waals surface area contributed by atoms with Crippen LogP contribution in [0.15, 0.2) is 42.5 Å². The van der Waals surface area contributed by atoms with Crippen molar-refractivity contribution in [1.29, 1.82) is 0 Å². The highest BCUT2D eigenvalue weighted by molar-refractivity contribution is 5.85. The maximum atomic E-state index is 11.1. The molecule has 5 nitrogen and oxygen atoms in total. The summed E-state index contributed by atoms with van der Waals surface area (Å²) in [6, 6.07) is 8.44. The highest BCUT2D eigenvalue weighted by Crippen LogP contribution is 2.09. The van der Waals surface area contributed by atoms with Gasteiger partial charge in [0.2, 0.25) is 0 Å². The smallest absolute Gasteiger partial charge is 0.478 e. The molecular weight excluding hydrogens is 224 g/mol. The summed E-state index contributed by atoms with van der Waals surface area (Å²) in [5, 5.41) is 8.51. The zero-order valence-electron chi connectivity index (χ0n) is 9.09. The van der Waals surface area contributed by atoms with E-state index in [0.29, 0.717) is 5.75 Å². The predicted octanol–water partition coefficient (Wildman–Crippen LogP) is 2.23. The molecule has 1 aromatic rings. The van der Waals surface area contributed by atoms with Gasteiger partial charge in [-0.05, 0) is 12.1 Å². The Morgan fingerprint density at radius 1 is 1.24 bits per heavy atom. The summed E-state index contributed by atoms with van der Waals surface area (Å²) < 4.78 is 9.50. The fraction of sp³-hybridized carbons (Fsp3) is 0.167. The van der Waals surface area contributed by atoms with Crippen LogP contribution in [-0.4, -0.2) is 23.8 Å². The van der Waals surface area contributed by atoms with E-state index in [4.69, 9.17) is 9.84 Å². The molecule has 1 rings (SSSR count). The summed E-state index contributed by atoms with van der Waals surface area (Å²) in [6.45, 7) is 3.23. The highest BCUT2D eigenvalue weighted by atomic mass is 16.7. The molecule has 0 saturated heterocycles. The van der Waals surface area contributed by atoms with Crippen molar-refractivity contribution in [3.63, 3.8) is 0 Å². The molecule has 0 spiro atoms. The normalized spacial score (nSPS) is 9.41. The number of ether oxygens (including phenoxy) is 2. The molecule has 1 aromatic carbocycles. The third kappa shape index (κ3) is 4.83. The van der Waals surface area contributed by atoms with Crippen molar-refractivity contribution in [2.45, 2.75) is 6.42 Å². The Labute approximate surface area is 98.3 Å². The maximum Gasteiger partial charge on any atom is 0.513 e. The standard InChI is InChI=1S/C12H12O5/c1-9(11(13)14)7-8-16-12(15)17-10-5-3-2-4-6-10/h2-6H,1,7-8H2,(H,13,14). The minimum Gasteiger partial charge on any atom is -0.478 e. The Morgan fingerprint density at radius 2 is 1.88 bits per heavy atom. The van der Waals surface area contributed by atoms with Crippen molar-refractivity contribution in [2.75, 3.05) is 6.61 Å². The zero-order chi connectivity index (χ0) is 12.7. The molecule has 0 radical (unpaired) electrons. The van der Waals surface area contributed by atoms with Gasteiger partial charge in [-0.15, -0.1) is 0 Å². The van der Waals surface area contributed by atoms with Crippen LogP contribution in [0.4, 0.5) is 4.79 Å². The van der Waals surface area contributed by atoms with Gasteiger partial charge in [0.25, 0.3) is 0 Å². The van der Waals surface area contributed by atoms with Gasteiger partial charge < -0.3 is 14.6 Å². The van der Waals surface area contributed by atoms with Crippen molar-refractivity contribution < 1.29 is 24.2 Å². The summed E-state index contributed by atoms with van der Waals surface area (Å²) in [5.41, 5.74) is -0.0162. The van der Waals surface area contributed by atoms with Crippen molar-refractivity contribution in [3.05, 3.63) is 42.5 Å². The van der Waals surface area contributed by atoms with Crippen LogP contribution in [0.1, 0.15) is 6.42 Å². The van der Waals surface area contributed by atoms with Crippen LogP contribution in [-0.2, 0) is 9.53 Å². The van der Waals surface area contributed by atoms with E-state index >= 15 is 0 Å². The van der Waals surface area contributed by atoms with Gasteiger partial charge in [0.05, 0.1) is 6.61 Å². The number of aliphatic carboxylic acids is 1. The summed E-state index contributed by atoms with van der Waals surface area (Å²) in [5.74, 6) is -0.736. The van der Waals surface area contributed by atoms with Crippen molar-refractivity contribution in [3.8, 4) is 5.75 Å². The zero-order valence-corrected chi connectivity index (χ0v) is 9.09. The molecule has 5 heteroatoms. The van der Waals surface area contributed by atoms with E-state index in [1.54, 1.807) is 30.3 Å². The van der Waals surface area contributed by atoms with Crippen LogP contribution in [0.5, 0.6) is 5.75 Å². The van der Waals surface area contributed by atoms with Crippen molar-refractivity contribution >= 4 is 12.1 Å². The van der Waals surface area contributed by atoms with Gasteiger partial charge >= 0.3 is 12.1 Å². The molecule has 0 heterocycles. The largest absolute Gasteiger partial charge is 0.513 e. The van der Waals surface area contributed by atoms with Crippen molar-refractivity contribution in [1.82, 2.24) is 0 Å². The molecule has 0 saturated carbocycles. The molecule has 0 bridgehead atoms. The lowest BCUT2D eigenvalue weighted by atomic mass is 10.2. The number of hydrogen-bond acceptors (Lipinski definition) is 4. The molecule has 0 fully saturated rings. The Kier molecular flexibility index (Phi) is 4.75. The van der Waals surface area contributed by atoms with Crippen LogP contribution in [0.25, 0.3) is 0 Å². The van der Waals surface area contributed by atoms with Gasteiger partial charge in [-0.25, -0.2) is 9.59 Å². The third-order valence-electron chi connectivity index (χ3n) is 1.87. The number of rotatable bonds is 5. The van der Waals surface area contributed by atoms with Gasteiger partial charge in [0.15, 0.2) is 0 Å². The van der Waals surface area contributed by atoms with Gasteiger partial charge in [-0.3, -0.25) is 0 Å². The Hall–Kier alpha value is -2.30. The monoisotopic (exact) mass is 236 g/mol. The fourth-order valence-electron chi connectivity index (χ4n) is 0.979. The number of benzene rings is 1. The minimum atomic E-state index is -1.11. The first-order chi connectivity index (χ1) is 8.09. The SMILES string of the molecule is C=C(CCOC(=O)Oc1ccccc1)C(=O)O. The number of para-hydroxylation sites is 1. The number of hydrogen-bond donors (Lipinski definition) is 1. The van der Waals surface area contributed by atoms with Crippen LogP contribution < -0.4 is 4.74 Å². The molecule has 0 atom stereocenters. The van der Waals surface area contributed by atoms with Crippen LogP contribution in [0.2, 0.25) is 0 Å². The van der Waals surface area contributed by atoms with Crippen molar-refractivity contribution in [2.24, 2.45) is 0 Å². The number of carbonyl (C=O) groups is 2. The Balaban J connectivity index is 2.27. The van der Waals surface area contributed by atoms with E-state index in [1.165, 1.54) is 0 Å².